The molecule has 0 aliphatic carbocycles. The minimum atomic E-state index is -0.139. The SMILES string of the molecule is CC(=O)Nc1ccc(C(=O)NCc2cccnc2N2CCN(C)CC2)c(C)c1. The van der Waals surface area contributed by atoms with E-state index in [1.165, 1.54) is 6.92 Å². The fourth-order valence-corrected chi connectivity index (χ4v) is 3.34. The molecule has 2 aromatic rings. The van der Waals surface area contributed by atoms with Crippen molar-refractivity contribution in [1.82, 2.24) is 15.2 Å². The summed E-state index contributed by atoms with van der Waals surface area (Å²) in [5, 5.41) is 5.73. The standard InChI is InChI=1S/C21H27N5O2/c1-15-13-18(24-16(2)27)6-7-19(15)21(28)23-14-17-5-4-8-22-20(17)26-11-9-25(3)10-12-26/h4-8,13H,9-12,14H2,1-3H3,(H,23,28)(H,24,27). The predicted octanol–water partition coefficient (Wildman–Crippen LogP) is 2.03. The van der Waals surface area contributed by atoms with Gasteiger partial charge in [-0.3, -0.25) is 9.59 Å². The van der Waals surface area contributed by atoms with Gasteiger partial charge in [0, 0.05) is 62.7 Å². The number of pyridine rings is 1. The van der Waals surface area contributed by atoms with Gasteiger partial charge in [0.05, 0.1) is 0 Å². The molecule has 28 heavy (non-hydrogen) atoms. The first-order chi connectivity index (χ1) is 13.4. The second-order valence-corrected chi connectivity index (χ2v) is 7.17. The third-order valence-corrected chi connectivity index (χ3v) is 4.90. The van der Waals surface area contributed by atoms with Gasteiger partial charge in [0.2, 0.25) is 5.91 Å². The zero-order valence-electron chi connectivity index (χ0n) is 16.7. The number of rotatable bonds is 5. The summed E-state index contributed by atoms with van der Waals surface area (Å²) in [7, 11) is 2.12. The van der Waals surface area contributed by atoms with Crippen molar-refractivity contribution in [3.63, 3.8) is 0 Å². The van der Waals surface area contributed by atoms with Gasteiger partial charge < -0.3 is 20.4 Å². The van der Waals surface area contributed by atoms with E-state index in [0.717, 1.165) is 43.1 Å². The Hall–Kier alpha value is -2.93. The van der Waals surface area contributed by atoms with Crippen molar-refractivity contribution in [2.45, 2.75) is 20.4 Å². The zero-order valence-corrected chi connectivity index (χ0v) is 16.7. The molecular formula is C21H27N5O2. The van der Waals surface area contributed by atoms with E-state index < -0.39 is 0 Å². The van der Waals surface area contributed by atoms with Crippen LogP contribution in [0, 0.1) is 6.92 Å². The Morgan fingerprint density at radius 3 is 2.57 bits per heavy atom. The molecule has 2 amide bonds. The maximum Gasteiger partial charge on any atom is 0.251 e. The molecule has 0 atom stereocenters. The first-order valence-corrected chi connectivity index (χ1v) is 9.48. The van der Waals surface area contributed by atoms with E-state index in [1.807, 2.05) is 19.1 Å². The molecule has 2 N–H and O–H groups in total. The molecule has 1 fully saturated rings. The van der Waals surface area contributed by atoms with Crippen molar-refractivity contribution in [1.29, 1.82) is 0 Å². The number of hydrogen-bond acceptors (Lipinski definition) is 5. The number of anilines is 2. The van der Waals surface area contributed by atoms with Crippen molar-refractivity contribution >= 4 is 23.3 Å². The first kappa shape index (κ1) is 19.8. The lowest BCUT2D eigenvalue weighted by atomic mass is 10.1. The highest BCUT2D eigenvalue weighted by Gasteiger charge is 2.18. The van der Waals surface area contributed by atoms with E-state index in [2.05, 4.69) is 32.5 Å². The lowest BCUT2D eigenvalue weighted by Crippen LogP contribution is -2.45. The number of hydrogen-bond donors (Lipinski definition) is 2. The Balaban J connectivity index is 1.67. The van der Waals surface area contributed by atoms with Gasteiger partial charge in [-0.1, -0.05) is 6.07 Å². The van der Waals surface area contributed by atoms with Crippen molar-refractivity contribution in [3.05, 3.63) is 53.2 Å². The maximum atomic E-state index is 12.7. The van der Waals surface area contributed by atoms with Crippen LogP contribution in [0.5, 0.6) is 0 Å². The number of amides is 2. The van der Waals surface area contributed by atoms with Crippen molar-refractivity contribution < 1.29 is 9.59 Å². The largest absolute Gasteiger partial charge is 0.354 e. The number of nitrogens with one attached hydrogen (secondary N) is 2. The Kier molecular flexibility index (Phi) is 6.26. The summed E-state index contributed by atoms with van der Waals surface area (Å²) in [6, 6.07) is 9.18. The van der Waals surface area contributed by atoms with Crippen LogP contribution < -0.4 is 15.5 Å². The summed E-state index contributed by atoms with van der Waals surface area (Å²) >= 11 is 0. The summed E-state index contributed by atoms with van der Waals surface area (Å²) in [5.74, 6) is 0.665. The van der Waals surface area contributed by atoms with Crippen LogP contribution in [0.3, 0.4) is 0 Å². The average molecular weight is 381 g/mol. The molecule has 3 rings (SSSR count). The Labute approximate surface area is 165 Å². The quantitative estimate of drug-likeness (QED) is 0.829. The Morgan fingerprint density at radius 2 is 1.89 bits per heavy atom. The third kappa shape index (κ3) is 4.86. The minimum absolute atomic E-state index is 0.135. The second-order valence-electron chi connectivity index (χ2n) is 7.17. The highest BCUT2D eigenvalue weighted by Crippen LogP contribution is 2.19. The Morgan fingerprint density at radius 1 is 1.14 bits per heavy atom. The minimum Gasteiger partial charge on any atom is -0.354 e. The number of nitrogens with zero attached hydrogens (tertiary/aromatic N) is 3. The molecule has 7 heteroatoms. The zero-order chi connectivity index (χ0) is 20.1. The van der Waals surface area contributed by atoms with Crippen molar-refractivity contribution in [2.24, 2.45) is 0 Å². The number of aromatic nitrogens is 1. The second kappa shape index (κ2) is 8.84. The molecule has 0 saturated carbocycles. The van der Waals surface area contributed by atoms with Gasteiger partial charge in [0.15, 0.2) is 0 Å². The lowest BCUT2D eigenvalue weighted by molar-refractivity contribution is -0.114. The highest BCUT2D eigenvalue weighted by atomic mass is 16.2. The highest BCUT2D eigenvalue weighted by molar-refractivity contribution is 5.97. The van der Waals surface area contributed by atoms with E-state index in [1.54, 1.807) is 24.4 Å². The number of aryl methyl sites for hydroxylation is 1. The summed E-state index contributed by atoms with van der Waals surface area (Å²) in [6.45, 7) is 7.60. The molecule has 1 aromatic carbocycles. The number of piperazine rings is 1. The molecule has 1 aromatic heterocycles. The summed E-state index contributed by atoms with van der Waals surface area (Å²) in [6.07, 6.45) is 1.80. The molecule has 1 aliphatic heterocycles. The van der Waals surface area contributed by atoms with Crippen LogP contribution in [0.2, 0.25) is 0 Å². The molecule has 1 saturated heterocycles. The fraction of sp³-hybridized carbons (Fsp3) is 0.381. The Bertz CT molecular complexity index is 860. The summed E-state index contributed by atoms with van der Waals surface area (Å²) in [5.41, 5.74) is 3.10. The van der Waals surface area contributed by atoms with Crippen LogP contribution >= 0.6 is 0 Å². The molecule has 0 unspecified atom stereocenters. The molecule has 148 valence electrons. The van der Waals surface area contributed by atoms with Gasteiger partial charge in [-0.25, -0.2) is 4.98 Å². The van der Waals surface area contributed by atoms with E-state index in [-0.39, 0.29) is 11.8 Å². The van der Waals surface area contributed by atoms with E-state index >= 15 is 0 Å². The summed E-state index contributed by atoms with van der Waals surface area (Å²) < 4.78 is 0. The van der Waals surface area contributed by atoms with Gasteiger partial charge in [-0.15, -0.1) is 0 Å². The van der Waals surface area contributed by atoms with Gasteiger partial charge in [-0.2, -0.15) is 0 Å². The molecule has 1 aliphatic rings. The molecular weight excluding hydrogens is 354 g/mol. The van der Waals surface area contributed by atoms with Gasteiger partial charge in [-0.05, 0) is 43.8 Å². The third-order valence-electron chi connectivity index (χ3n) is 4.90. The van der Waals surface area contributed by atoms with E-state index in [4.69, 9.17) is 0 Å². The van der Waals surface area contributed by atoms with Crippen LogP contribution in [-0.2, 0) is 11.3 Å². The number of benzene rings is 1. The fourth-order valence-electron chi connectivity index (χ4n) is 3.34. The van der Waals surface area contributed by atoms with Crippen molar-refractivity contribution in [3.8, 4) is 0 Å². The van der Waals surface area contributed by atoms with Gasteiger partial charge in [0.1, 0.15) is 5.82 Å². The van der Waals surface area contributed by atoms with Crippen LogP contribution in [-0.4, -0.2) is 54.9 Å². The van der Waals surface area contributed by atoms with Crippen molar-refractivity contribution in [2.75, 3.05) is 43.4 Å². The predicted molar refractivity (Wildman–Crippen MR) is 111 cm³/mol. The average Bonchev–Trinajstić information content (AvgIpc) is 2.67. The first-order valence-electron chi connectivity index (χ1n) is 9.48. The summed E-state index contributed by atoms with van der Waals surface area (Å²) in [4.78, 5) is 33.0. The van der Waals surface area contributed by atoms with E-state index in [0.29, 0.717) is 17.8 Å². The molecule has 2 heterocycles. The topological polar surface area (TPSA) is 77.6 Å². The normalized spacial score (nSPS) is 14.6. The molecule has 0 radical (unpaired) electrons. The lowest BCUT2D eigenvalue weighted by Gasteiger charge is -2.34. The molecule has 7 nitrogen and oxygen atoms in total. The monoisotopic (exact) mass is 381 g/mol. The van der Waals surface area contributed by atoms with Gasteiger partial charge in [0.25, 0.3) is 5.91 Å². The number of carbonyl (C=O) groups is 2. The smallest absolute Gasteiger partial charge is 0.251 e. The van der Waals surface area contributed by atoms with Crippen LogP contribution in [0.1, 0.15) is 28.4 Å². The van der Waals surface area contributed by atoms with E-state index in [9.17, 15) is 9.59 Å². The number of likely N-dealkylation sites (N-methyl/N-ethyl adjacent to an activating group) is 1. The van der Waals surface area contributed by atoms with Crippen LogP contribution in [0.4, 0.5) is 11.5 Å². The number of carbonyl (C=O) groups excluding carboxylic acids is 2. The maximum absolute atomic E-state index is 12.7. The molecule has 0 spiro atoms. The van der Waals surface area contributed by atoms with Gasteiger partial charge >= 0.3 is 0 Å². The molecule has 0 bridgehead atoms. The van der Waals surface area contributed by atoms with Crippen LogP contribution in [0.25, 0.3) is 0 Å². The van der Waals surface area contributed by atoms with Crippen LogP contribution in [0.15, 0.2) is 36.5 Å².